The Bertz CT molecular complexity index is 312. The average Bonchev–Trinajstić information content (AvgIpc) is 2.73. The van der Waals surface area contributed by atoms with Gasteiger partial charge in [-0.3, -0.25) is 0 Å². The lowest BCUT2D eigenvalue weighted by atomic mass is 10.0. The molecule has 0 aliphatic heterocycles. The van der Waals surface area contributed by atoms with Crippen molar-refractivity contribution in [3.8, 4) is 0 Å². The summed E-state index contributed by atoms with van der Waals surface area (Å²) < 4.78 is 0. The third-order valence-corrected chi connectivity index (χ3v) is 3.50. The van der Waals surface area contributed by atoms with Crippen LogP contribution in [0.25, 0.3) is 0 Å². The van der Waals surface area contributed by atoms with Crippen molar-refractivity contribution in [1.82, 2.24) is 5.32 Å². The molecule has 0 amide bonds. The predicted octanol–water partition coefficient (Wildman–Crippen LogP) is 2.64. The highest BCUT2D eigenvalue weighted by Gasteiger charge is 2.26. The Hall–Kier alpha value is -0.860. The van der Waals surface area contributed by atoms with E-state index in [0.29, 0.717) is 6.04 Å². The minimum Gasteiger partial charge on any atom is -0.392 e. The molecule has 1 fully saturated rings. The smallest absolute Gasteiger partial charge is 0.0693 e. The lowest BCUT2D eigenvalue weighted by Crippen LogP contribution is -2.38. The molecule has 0 heterocycles. The van der Waals surface area contributed by atoms with Crippen LogP contribution >= 0.6 is 0 Å². The maximum atomic E-state index is 9.82. The van der Waals surface area contributed by atoms with Crippen LogP contribution in [0.5, 0.6) is 0 Å². The molecular weight excluding hydrogens is 198 g/mol. The molecule has 0 saturated heterocycles. The molecule has 2 rings (SSSR count). The Balaban J connectivity index is 2.00. The van der Waals surface area contributed by atoms with Crippen LogP contribution < -0.4 is 5.32 Å². The zero-order chi connectivity index (χ0) is 11.4. The molecule has 2 heteroatoms. The highest BCUT2D eigenvalue weighted by Crippen LogP contribution is 2.24. The lowest BCUT2D eigenvalue weighted by molar-refractivity contribution is 0.142. The number of benzene rings is 1. The van der Waals surface area contributed by atoms with Gasteiger partial charge in [-0.05, 0) is 31.2 Å². The number of aliphatic hydroxyl groups is 1. The van der Waals surface area contributed by atoms with Gasteiger partial charge in [-0.15, -0.1) is 0 Å². The van der Waals surface area contributed by atoms with Crippen molar-refractivity contribution in [1.29, 1.82) is 0 Å². The van der Waals surface area contributed by atoms with Gasteiger partial charge in [0.25, 0.3) is 0 Å². The van der Waals surface area contributed by atoms with Crippen molar-refractivity contribution in [2.75, 3.05) is 0 Å². The van der Waals surface area contributed by atoms with E-state index in [9.17, 15) is 5.11 Å². The molecule has 1 aromatic carbocycles. The van der Waals surface area contributed by atoms with E-state index >= 15 is 0 Å². The minimum absolute atomic E-state index is 0.155. The first-order valence-electron chi connectivity index (χ1n) is 6.30. The Morgan fingerprint density at radius 2 is 2.06 bits per heavy atom. The summed E-state index contributed by atoms with van der Waals surface area (Å²) in [5.41, 5.74) is 1.32. The zero-order valence-corrected chi connectivity index (χ0v) is 9.89. The second-order valence-electron chi connectivity index (χ2n) is 4.64. The molecule has 1 saturated carbocycles. The van der Waals surface area contributed by atoms with Gasteiger partial charge in [0.05, 0.1) is 6.10 Å². The van der Waals surface area contributed by atoms with Crippen LogP contribution in [-0.2, 0) is 0 Å². The summed E-state index contributed by atoms with van der Waals surface area (Å²) in [7, 11) is 0. The molecule has 0 radical (unpaired) electrons. The van der Waals surface area contributed by atoms with E-state index in [4.69, 9.17) is 0 Å². The lowest BCUT2D eigenvalue weighted by Gasteiger charge is -2.24. The molecule has 3 atom stereocenters. The van der Waals surface area contributed by atoms with Gasteiger partial charge in [0.1, 0.15) is 0 Å². The Labute approximate surface area is 97.7 Å². The third kappa shape index (κ3) is 2.63. The van der Waals surface area contributed by atoms with Crippen LogP contribution in [0.1, 0.15) is 44.2 Å². The van der Waals surface area contributed by atoms with E-state index in [1.807, 2.05) is 6.07 Å². The standard InChI is InChI=1S/C14H21NO/c1-2-12(11-7-4-3-5-8-11)15-13-9-6-10-14(13)16/h3-5,7-8,12-16H,2,6,9-10H2,1H3. The second-order valence-corrected chi connectivity index (χ2v) is 4.64. The fraction of sp³-hybridized carbons (Fsp3) is 0.571. The summed E-state index contributed by atoms with van der Waals surface area (Å²) in [6.07, 6.45) is 4.10. The Morgan fingerprint density at radius 1 is 1.31 bits per heavy atom. The normalized spacial score (nSPS) is 26.9. The molecule has 1 aromatic rings. The van der Waals surface area contributed by atoms with Gasteiger partial charge in [-0.2, -0.15) is 0 Å². The van der Waals surface area contributed by atoms with Crippen LogP contribution in [-0.4, -0.2) is 17.3 Å². The molecule has 0 spiro atoms. The van der Waals surface area contributed by atoms with E-state index in [1.54, 1.807) is 0 Å². The fourth-order valence-electron chi connectivity index (χ4n) is 2.53. The first-order chi connectivity index (χ1) is 7.81. The summed E-state index contributed by atoms with van der Waals surface area (Å²) in [5, 5.41) is 13.4. The molecule has 2 N–H and O–H groups in total. The van der Waals surface area contributed by atoms with Crippen molar-refractivity contribution in [2.45, 2.75) is 50.8 Å². The number of hydrogen-bond donors (Lipinski definition) is 2. The van der Waals surface area contributed by atoms with Crippen LogP contribution in [0.3, 0.4) is 0 Å². The van der Waals surface area contributed by atoms with Gasteiger partial charge in [0, 0.05) is 12.1 Å². The van der Waals surface area contributed by atoms with Gasteiger partial charge in [-0.25, -0.2) is 0 Å². The Kier molecular flexibility index (Phi) is 3.97. The molecule has 0 aromatic heterocycles. The van der Waals surface area contributed by atoms with Gasteiger partial charge in [0.2, 0.25) is 0 Å². The van der Waals surface area contributed by atoms with Gasteiger partial charge in [0.15, 0.2) is 0 Å². The van der Waals surface area contributed by atoms with Crippen molar-refractivity contribution in [3.63, 3.8) is 0 Å². The number of hydrogen-bond acceptors (Lipinski definition) is 2. The highest BCUT2D eigenvalue weighted by molar-refractivity contribution is 5.19. The summed E-state index contributed by atoms with van der Waals surface area (Å²) in [5.74, 6) is 0. The SMILES string of the molecule is CCC(NC1CCCC1O)c1ccccc1. The third-order valence-electron chi connectivity index (χ3n) is 3.50. The summed E-state index contributed by atoms with van der Waals surface area (Å²) in [6.45, 7) is 2.19. The maximum absolute atomic E-state index is 9.82. The van der Waals surface area contributed by atoms with E-state index in [0.717, 1.165) is 25.7 Å². The van der Waals surface area contributed by atoms with E-state index in [-0.39, 0.29) is 12.1 Å². The topological polar surface area (TPSA) is 32.3 Å². The van der Waals surface area contributed by atoms with E-state index in [2.05, 4.69) is 36.5 Å². The Morgan fingerprint density at radius 3 is 2.62 bits per heavy atom. The monoisotopic (exact) mass is 219 g/mol. The predicted molar refractivity (Wildman–Crippen MR) is 66.3 cm³/mol. The van der Waals surface area contributed by atoms with Gasteiger partial charge >= 0.3 is 0 Å². The molecule has 3 unspecified atom stereocenters. The van der Waals surface area contributed by atoms with Crippen molar-refractivity contribution < 1.29 is 5.11 Å². The molecular formula is C14H21NO. The summed E-state index contributed by atoms with van der Waals surface area (Å²) >= 11 is 0. The summed E-state index contributed by atoms with van der Waals surface area (Å²) in [4.78, 5) is 0. The van der Waals surface area contributed by atoms with Crippen LogP contribution in [0.15, 0.2) is 30.3 Å². The molecule has 1 aliphatic rings. The molecule has 16 heavy (non-hydrogen) atoms. The van der Waals surface area contributed by atoms with Crippen LogP contribution in [0.2, 0.25) is 0 Å². The largest absolute Gasteiger partial charge is 0.392 e. The first-order valence-corrected chi connectivity index (χ1v) is 6.30. The van der Waals surface area contributed by atoms with E-state index in [1.165, 1.54) is 5.56 Å². The fourth-order valence-corrected chi connectivity index (χ4v) is 2.53. The van der Waals surface area contributed by atoms with Gasteiger partial charge in [-0.1, -0.05) is 37.3 Å². The maximum Gasteiger partial charge on any atom is 0.0693 e. The van der Waals surface area contributed by atoms with Gasteiger partial charge < -0.3 is 10.4 Å². The zero-order valence-electron chi connectivity index (χ0n) is 9.89. The van der Waals surface area contributed by atoms with Crippen LogP contribution in [0.4, 0.5) is 0 Å². The molecule has 1 aliphatic carbocycles. The van der Waals surface area contributed by atoms with Crippen molar-refractivity contribution in [3.05, 3.63) is 35.9 Å². The summed E-state index contributed by atoms with van der Waals surface area (Å²) in [6, 6.07) is 11.2. The van der Waals surface area contributed by atoms with Crippen LogP contribution in [0, 0.1) is 0 Å². The molecule has 2 nitrogen and oxygen atoms in total. The van der Waals surface area contributed by atoms with Crippen molar-refractivity contribution in [2.24, 2.45) is 0 Å². The first kappa shape index (κ1) is 11.6. The second kappa shape index (κ2) is 5.46. The minimum atomic E-state index is -0.155. The number of nitrogens with one attached hydrogen (secondary N) is 1. The number of rotatable bonds is 4. The number of aliphatic hydroxyl groups excluding tert-OH is 1. The molecule has 0 bridgehead atoms. The quantitative estimate of drug-likeness (QED) is 0.816. The highest BCUT2D eigenvalue weighted by atomic mass is 16.3. The van der Waals surface area contributed by atoms with Crippen molar-refractivity contribution >= 4 is 0 Å². The average molecular weight is 219 g/mol. The molecule has 88 valence electrons. The van der Waals surface area contributed by atoms with E-state index < -0.39 is 0 Å².